The molecule has 0 aromatic carbocycles. The Hall–Kier alpha value is -0.340. The van der Waals surface area contributed by atoms with Crippen molar-refractivity contribution in [3.63, 3.8) is 0 Å². The van der Waals surface area contributed by atoms with Gasteiger partial charge in [0.2, 0.25) is 0 Å². The molecule has 0 N–H and O–H groups in total. The lowest BCUT2D eigenvalue weighted by atomic mass is 9.90. The van der Waals surface area contributed by atoms with E-state index in [1.807, 2.05) is 0 Å². The van der Waals surface area contributed by atoms with Gasteiger partial charge in [-0.3, -0.25) is 4.90 Å². The van der Waals surface area contributed by atoms with Crippen LogP contribution >= 0.6 is 0 Å². The molecule has 1 atom stereocenters. The molecule has 0 bridgehead atoms. The van der Waals surface area contributed by atoms with Crippen molar-refractivity contribution < 1.29 is 4.74 Å². The summed E-state index contributed by atoms with van der Waals surface area (Å²) in [5.41, 5.74) is 1.69. The van der Waals surface area contributed by atoms with Gasteiger partial charge in [-0.1, -0.05) is 25.0 Å². The summed E-state index contributed by atoms with van der Waals surface area (Å²) < 4.78 is 5.91. The second kappa shape index (κ2) is 4.89. The third-order valence-electron chi connectivity index (χ3n) is 3.92. The van der Waals surface area contributed by atoms with Crippen LogP contribution in [-0.4, -0.2) is 36.2 Å². The summed E-state index contributed by atoms with van der Waals surface area (Å²) in [5.74, 6) is 0. The van der Waals surface area contributed by atoms with Gasteiger partial charge in [0.15, 0.2) is 0 Å². The molecule has 2 nitrogen and oxygen atoms in total. The Morgan fingerprint density at radius 1 is 1.38 bits per heavy atom. The average Bonchev–Trinajstić information content (AvgIpc) is 2.40. The topological polar surface area (TPSA) is 12.5 Å². The fourth-order valence-electron chi connectivity index (χ4n) is 3.10. The second-order valence-electron chi connectivity index (χ2n) is 5.74. The summed E-state index contributed by atoms with van der Waals surface area (Å²) in [6.07, 6.45) is 6.86. The van der Waals surface area contributed by atoms with Crippen LogP contribution in [0.25, 0.3) is 0 Å². The molecule has 2 rings (SSSR count). The van der Waals surface area contributed by atoms with Gasteiger partial charge in [-0.2, -0.15) is 0 Å². The van der Waals surface area contributed by atoms with E-state index in [9.17, 15) is 0 Å². The number of hydrogen-bond donors (Lipinski definition) is 0. The van der Waals surface area contributed by atoms with Crippen LogP contribution in [0, 0.1) is 0 Å². The van der Waals surface area contributed by atoms with E-state index < -0.39 is 0 Å². The lowest BCUT2D eigenvalue weighted by molar-refractivity contribution is -0.0134. The molecule has 2 aliphatic heterocycles. The molecule has 16 heavy (non-hydrogen) atoms. The van der Waals surface area contributed by atoms with E-state index in [0.717, 1.165) is 19.6 Å². The van der Waals surface area contributed by atoms with Gasteiger partial charge in [0, 0.05) is 12.1 Å². The first-order chi connectivity index (χ1) is 7.62. The van der Waals surface area contributed by atoms with Crippen molar-refractivity contribution in [1.82, 2.24) is 4.90 Å². The number of fused-ring (bicyclic) bond motifs is 1. The Kier molecular flexibility index (Phi) is 3.70. The molecule has 2 heterocycles. The number of nitrogens with zero attached hydrogens (tertiary/aromatic N) is 1. The zero-order valence-electron chi connectivity index (χ0n) is 10.8. The lowest BCUT2D eigenvalue weighted by Crippen LogP contribution is -2.47. The molecule has 2 heteroatoms. The van der Waals surface area contributed by atoms with Gasteiger partial charge in [-0.15, -0.1) is 0 Å². The van der Waals surface area contributed by atoms with Crippen molar-refractivity contribution in [2.45, 2.75) is 57.6 Å². The predicted molar refractivity (Wildman–Crippen MR) is 67.6 cm³/mol. The van der Waals surface area contributed by atoms with Crippen LogP contribution in [0.1, 0.15) is 46.0 Å². The summed E-state index contributed by atoms with van der Waals surface area (Å²) >= 11 is 0. The van der Waals surface area contributed by atoms with E-state index in [2.05, 4.69) is 25.3 Å². The van der Waals surface area contributed by atoms with Crippen molar-refractivity contribution in [1.29, 1.82) is 0 Å². The first kappa shape index (κ1) is 12.1. The highest BCUT2D eigenvalue weighted by molar-refractivity contribution is 5.16. The molecule has 2 aliphatic rings. The van der Waals surface area contributed by atoms with Crippen LogP contribution in [0.3, 0.4) is 0 Å². The van der Waals surface area contributed by atoms with Crippen LogP contribution in [0.2, 0.25) is 0 Å². The molecule has 0 radical (unpaired) electrons. The van der Waals surface area contributed by atoms with Crippen LogP contribution in [0.5, 0.6) is 0 Å². The maximum absolute atomic E-state index is 5.91. The number of rotatable bonds is 3. The molecule has 0 aliphatic carbocycles. The van der Waals surface area contributed by atoms with E-state index in [0.29, 0.717) is 6.10 Å². The third kappa shape index (κ3) is 2.49. The first-order valence-electron chi connectivity index (χ1n) is 6.66. The van der Waals surface area contributed by atoms with Gasteiger partial charge in [0.1, 0.15) is 0 Å². The fraction of sp³-hybridized carbons (Fsp3) is 0.857. The highest BCUT2D eigenvalue weighted by atomic mass is 16.5. The van der Waals surface area contributed by atoms with Gasteiger partial charge >= 0.3 is 0 Å². The van der Waals surface area contributed by atoms with Crippen molar-refractivity contribution in [2.24, 2.45) is 0 Å². The molecule has 2 fully saturated rings. The Bertz CT molecular complexity index is 261. The Morgan fingerprint density at radius 3 is 2.94 bits per heavy atom. The minimum Gasteiger partial charge on any atom is -0.377 e. The predicted octanol–water partition coefficient (Wildman–Crippen LogP) is 2.99. The highest BCUT2D eigenvalue weighted by Crippen LogP contribution is 2.39. The fourth-order valence-corrected chi connectivity index (χ4v) is 3.10. The molecule has 0 saturated carbocycles. The Morgan fingerprint density at radius 2 is 2.19 bits per heavy atom. The van der Waals surface area contributed by atoms with Crippen LogP contribution in [0.15, 0.2) is 12.2 Å². The molecule has 0 aromatic heterocycles. The number of hydrogen-bond acceptors (Lipinski definition) is 2. The second-order valence-corrected chi connectivity index (χ2v) is 5.74. The molecule has 0 spiro atoms. The van der Waals surface area contributed by atoms with Gasteiger partial charge in [-0.25, -0.2) is 0 Å². The molecule has 2 saturated heterocycles. The molecule has 92 valence electrons. The van der Waals surface area contributed by atoms with Gasteiger partial charge in [0.25, 0.3) is 0 Å². The summed E-state index contributed by atoms with van der Waals surface area (Å²) in [6, 6.07) is 0. The minimum atomic E-state index is 0.290. The highest BCUT2D eigenvalue weighted by Gasteiger charge is 2.43. The molecule has 0 amide bonds. The quantitative estimate of drug-likeness (QED) is 0.682. The minimum absolute atomic E-state index is 0.290. The summed E-state index contributed by atoms with van der Waals surface area (Å²) in [7, 11) is 0. The Balaban J connectivity index is 2.07. The smallest absolute Gasteiger partial charge is 0.0657 e. The first-order valence-corrected chi connectivity index (χ1v) is 6.66. The monoisotopic (exact) mass is 223 g/mol. The molecular weight excluding hydrogens is 198 g/mol. The van der Waals surface area contributed by atoms with Crippen LogP contribution in [0.4, 0.5) is 0 Å². The van der Waals surface area contributed by atoms with Gasteiger partial charge in [0.05, 0.1) is 12.7 Å². The van der Waals surface area contributed by atoms with Crippen molar-refractivity contribution in [2.75, 3.05) is 19.7 Å². The van der Waals surface area contributed by atoms with Crippen molar-refractivity contribution in [3.05, 3.63) is 12.2 Å². The Labute approximate surface area is 99.7 Å². The maximum atomic E-state index is 5.91. The van der Waals surface area contributed by atoms with E-state index in [4.69, 9.17) is 4.74 Å². The van der Waals surface area contributed by atoms with E-state index in [1.54, 1.807) is 0 Å². The SMILES string of the molecule is C=C1CN2CCCCCC2(COC(C)C)C1. The maximum Gasteiger partial charge on any atom is 0.0657 e. The lowest BCUT2D eigenvalue weighted by Gasteiger charge is -2.37. The van der Waals surface area contributed by atoms with E-state index in [1.165, 1.54) is 37.8 Å². The van der Waals surface area contributed by atoms with Crippen molar-refractivity contribution >= 4 is 0 Å². The van der Waals surface area contributed by atoms with Crippen molar-refractivity contribution in [3.8, 4) is 0 Å². The van der Waals surface area contributed by atoms with Crippen LogP contribution < -0.4 is 0 Å². The zero-order valence-corrected chi connectivity index (χ0v) is 10.8. The largest absolute Gasteiger partial charge is 0.377 e. The summed E-state index contributed by atoms with van der Waals surface area (Å²) in [5, 5.41) is 0. The van der Waals surface area contributed by atoms with E-state index >= 15 is 0 Å². The third-order valence-corrected chi connectivity index (χ3v) is 3.92. The zero-order chi connectivity index (χ0) is 11.6. The van der Waals surface area contributed by atoms with Gasteiger partial charge < -0.3 is 4.74 Å². The van der Waals surface area contributed by atoms with E-state index in [-0.39, 0.29) is 5.54 Å². The van der Waals surface area contributed by atoms with Gasteiger partial charge in [-0.05, 0) is 39.7 Å². The normalized spacial score (nSPS) is 31.8. The molecule has 1 unspecified atom stereocenters. The summed E-state index contributed by atoms with van der Waals surface area (Å²) in [4.78, 5) is 2.63. The standard InChI is InChI=1S/C14H25NO/c1-12(2)16-11-14-7-5-4-6-8-15(14)10-13(3)9-14/h12H,3-11H2,1-2H3. The molecule has 0 aromatic rings. The average molecular weight is 223 g/mol. The summed E-state index contributed by atoms with van der Waals surface area (Å²) in [6.45, 7) is 11.7. The van der Waals surface area contributed by atoms with Crippen LogP contribution in [-0.2, 0) is 4.74 Å². The molecular formula is C14H25NO. The number of ether oxygens (including phenoxy) is 1.